The number of hydrogen-bond donors (Lipinski definition) is 3. The van der Waals surface area contributed by atoms with E-state index in [1.165, 1.54) is 4.57 Å². The van der Waals surface area contributed by atoms with Crippen LogP contribution in [0.15, 0.2) is 46.0 Å². The number of fused-ring (bicyclic) bond motifs is 3. The third kappa shape index (κ3) is 3.23. The second-order valence-electron chi connectivity index (χ2n) is 8.92. The van der Waals surface area contributed by atoms with Gasteiger partial charge in [-0.2, -0.15) is 0 Å². The normalized spacial score (nSPS) is 16.3. The number of H-pyrrole nitrogens is 2. The predicted molar refractivity (Wildman–Crippen MR) is 130 cm³/mol. The van der Waals surface area contributed by atoms with Crippen molar-refractivity contribution in [1.29, 1.82) is 0 Å². The summed E-state index contributed by atoms with van der Waals surface area (Å²) in [5.74, 6) is -0.311. The van der Waals surface area contributed by atoms with Gasteiger partial charge in [0.25, 0.3) is 5.56 Å². The molecule has 170 valence electrons. The lowest BCUT2D eigenvalue weighted by Crippen LogP contribution is -2.41. The van der Waals surface area contributed by atoms with Crippen molar-refractivity contribution < 1.29 is 5.11 Å². The average molecular weight is 445 g/mol. The van der Waals surface area contributed by atoms with Crippen molar-refractivity contribution in [1.82, 2.24) is 19.4 Å². The average Bonchev–Trinajstić information content (AvgIpc) is 3.14. The highest BCUT2D eigenvalue weighted by Crippen LogP contribution is 2.40. The van der Waals surface area contributed by atoms with Gasteiger partial charge in [0, 0.05) is 23.1 Å². The summed E-state index contributed by atoms with van der Waals surface area (Å²) >= 11 is 0. The number of benzene rings is 2. The van der Waals surface area contributed by atoms with Crippen molar-refractivity contribution in [3.63, 3.8) is 0 Å². The molecule has 0 saturated carbocycles. The molecule has 0 unspecified atom stereocenters. The number of aromatic amines is 2. The Labute approximate surface area is 191 Å². The van der Waals surface area contributed by atoms with Crippen LogP contribution in [0.2, 0.25) is 0 Å². The van der Waals surface area contributed by atoms with Crippen LogP contribution in [0.25, 0.3) is 16.6 Å². The molecular weight excluding hydrogens is 416 g/mol. The number of para-hydroxylation sites is 1. The minimum Gasteiger partial charge on any atom is -0.494 e. The lowest BCUT2D eigenvalue weighted by atomic mass is 9.93. The maximum atomic E-state index is 13.2. The second kappa shape index (κ2) is 7.78. The number of aromatic nitrogens is 3. The van der Waals surface area contributed by atoms with Crippen LogP contribution in [0.4, 0.5) is 0 Å². The summed E-state index contributed by atoms with van der Waals surface area (Å²) in [6.45, 7) is 9.28. The zero-order chi connectivity index (χ0) is 23.4. The van der Waals surface area contributed by atoms with Crippen molar-refractivity contribution in [2.45, 2.75) is 40.2 Å². The maximum absolute atomic E-state index is 13.2. The van der Waals surface area contributed by atoms with E-state index in [2.05, 4.69) is 20.9 Å². The number of hydrogen-bond acceptors (Lipinski definition) is 4. The van der Waals surface area contributed by atoms with E-state index in [4.69, 9.17) is 0 Å². The van der Waals surface area contributed by atoms with Gasteiger partial charge in [-0.05, 0) is 56.5 Å². The third-order valence-corrected chi connectivity index (χ3v) is 6.79. The molecule has 33 heavy (non-hydrogen) atoms. The first-order valence-electron chi connectivity index (χ1n) is 11.3. The molecular formula is C26H28N4O3. The summed E-state index contributed by atoms with van der Waals surface area (Å²) in [5, 5.41) is 12.6. The maximum Gasteiger partial charge on any atom is 0.335 e. The second-order valence-corrected chi connectivity index (χ2v) is 8.92. The minimum absolute atomic E-state index is 0.184. The molecule has 0 spiro atoms. The van der Waals surface area contributed by atoms with Gasteiger partial charge in [-0.15, -0.1) is 0 Å². The molecule has 0 radical (unpaired) electrons. The molecule has 2 aromatic heterocycles. The summed E-state index contributed by atoms with van der Waals surface area (Å²) < 4.78 is 1.24. The smallest absolute Gasteiger partial charge is 0.335 e. The van der Waals surface area contributed by atoms with Gasteiger partial charge in [0.1, 0.15) is 5.56 Å². The highest BCUT2D eigenvalue weighted by molar-refractivity contribution is 5.85. The summed E-state index contributed by atoms with van der Waals surface area (Å²) in [5.41, 5.74) is 5.39. The molecule has 1 aliphatic heterocycles. The van der Waals surface area contributed by atoms with Crippen molar-refractivity contribution in [3.05, 3.63) is 90.7 Å². The fourth-order valence-corrected chi connectivity index (χ4v) is 5.48. The van der Waals surface area contributed by atoms with Crippen LogP contribution in [0.3, 0.4) is 0 Å². The molecule has 0 fully saturated rings. The van der Waals surface area contributed by atoms with Gasteiger partial charge in [-0.3, -0.25) is 14.7 Å². The van der Waals surface area contributed by atoms with Crippen LogP contribution in [-0.4, -0.2) is 37.6 Å². The Morgan fingerprint density at radius 1 is 1.06 bits per heavy atom. The van der Waals surface area contributed by atoms with E-state index < -0.39 is 17.3 Å². The van der Waals surface area contributed by atoms with E-state index in [9.17, 15) is 14.7 Å². The largest absolute Gasteiger partial charge is 0.494 e. The van der Waals surface area contributed by atoms with Gasteiger partial charge < -0.3 is 10.1 Å². The van der Waals surface area contributed by atoms with Crippen molar-refractivity contribution in [2.75, 3.05) is 13.1 Å². The standard InChI is InChI=1S/C26H28N4O3/c1-5-29-11-10-18-17-8-6-7-9-19(17)27-21(18)23(29)20-24(31)28-26(33)30(25(20)32)22-15(3)12-14(2)13-16(22)4/h6-9,12-13,23,27,32H,5,10-11H2,1-4H3,(H,28,31,33)/t23-/m1/s1. The van der Waals surface area contributed by atoms with Gasteiger partial charge in [0.15, 0.2) is 0 Å². The number of rotatable bonds is 3. The quantitative estimate of drug-likeness (QED) is 0.450. The fourth-order valence-electron chi connectivity index (χ4n) is 5.48. The number of likely N-dealkylation sites (N-methyl/N-ethyl adjacent to an activating group) is 1. The molecule has 0 aliphatic carbocycles. The monoisotopic (exact) mass is 444 g/mol. The van der Waals surface area contributed by atoms with Gasteiger partial charge in [-0.1, -0.05) is 42.8 Å². The number of nitrogens with one attached hydrogen (secondary N) is 2. The zero-order valence-corrected chi connectivity index (χ0v) is 19.3. The number of aryl methyl sites for hydroxylation is 3. The Balaban J connectivity index is 1.82. The van der Waals surface area contributed by atoms with E-state index in [1.807, 2.05) is 58.0 Å². The SMILES string of the molecule is CCN1CCc2c([nH]c3ccccc23)[C@H]1c1c(O)n(-c2c(C)cc(C)cc2C)c(=O)[nH]c1=O. The van der Waals surface area contributed by atoms with E-state index in [1.54, 1.807) is 0 Å². The molecule has 7 nitrogen and oxygen atoms in total. The zero-order valence-electron chi connectivity index (χ0n) is 19.3. The lowest BCUT2D eigenvalue weighted by Gasteiger charge is -2.35. The summed E-state index contributed by atoms with van der Waals surface area (Å²) in [6, 6.07) is 11.5. The van der Waals surface area contributed by atoms with Gasteiger partial charge >= 0.3 is 5.69 Å². The molecule has 3 heterocycles. The van der Waals surface area contributed by atoms with Gasteiger partial charge in [0.05, 0.1) is 11.7 Å². The molecule has 1 aliphatic rings. The highest BCUT2D eigenvalue weighted by atomic mass is 16.3. The fraction of sp³-hybridized carbons (Fsp3) is 0.308. The van der Waals surface area contributed by atoms with E-state index in [0.29, 0.717) is 12.2 Å². The van der Waals surface area contributed by atoms with Crippen LogP contribution < -0.4 is 11.2 Å². The molecule has 5 rings (SSSR count). The molecule has 2 aromatic carbocycles. The van der Waals surface area contributed by atoms with Crippen LogP contribution in [-0.2, 0) is 6.42 Å². The van der Waals surface area contributed by atoms with Gasteiger partial charge in [-0.25, -0.2) is 9.36 Å². The third-order valence-electron chi connectivity index (χ3n) is 6.79. The summed E-state index contributed by atoms with van der Waals surface area (Å²) in [6.07, 6.45) is 0.845. The van der Waals surface area contributed by atoms with E-state index in [-0.39, 0.29) is 11.4 Å². The molecule has 7 heteroatoms. The molecule has 1 atom stereocenters. The molecule has 0 bridgehead atoms. The van der Waals surface area contributed by atoms with Gasteiger partial charge in [0.2, 0.25) is 5.88 Å². The summed E-state index contributed by atoms with van der Waals surface area (Å²) in [7, 11) is 0. The van der Waals surface area contributed by atoms with Crippen LogP contribution >= 0.6 is 0 Å². The van der Waals surface area contributed by atoms with Crippen LogP contribution in [0.1, 0.15) is 46.5 Å². The number of aromatic hydroxyl groups is 1. The summed E-state index contributed by atoms with van der Waals surface area (Å²) in [4.78, 5) is 34.3. The molecule has 0 amide bonds. The topological polar surface area (TPSA) is 94.1 Å². The van der Waals surface area contributed by atoms with E-state index >= 15 is 0 Å². The Kier molecular flexibility index (Phi) is 5.01. The molecule has 0 saturated heterocycles. The minimum atomic E-state index is -0.646. The van der Waals surface area contributed by atoms with Crippen molar-refractivity contribution in [3.8, 4) is 11.6 Å². The van der Waals surface area contributed by atoms with Crippen LogP contribution in [0.5, 0.6) is 5.88 Å². The Morgan fingerprint density at radius 3 is 2.45 bits per heavy atom. The van der Waals surface area contributed by atoms with Crippen LogP contribution in [0, 0.1) is 20.8 Å². The van der Waals surface area contributed by atoms with Crippen molar-refractivity contribution in [2.24, 2.45) is 0 Å². The first-order chi connectivity index (χ1) is 15.8. The first kappa shape index (κ1) is 21.3. The predicted octanol–water partition coefficient (Wildman–Crippen LogP) is 3.61. The first-order valence-corrected chi connectivity index (χ1v) is 11.3. The van der Waals surface area contributed by atoms with Crippen molar-refractivity contribution >= 4 is 10.9 Å². The number of nitrogens with zero attached hydrogens (tertiary/aromatic N) is 2. The highest BCUT2D eigenvalue weighted by Gasteiger charge is 2.36. The Morgan fingerprint density at radius 2 is 1.76 bits per heavy atom. The lowest BCUT2D eigenvalue weighted by molar-refractivity contribution is 0.215. The Hall–Kier alpha value is -3.58. The molecule has 4 aromatic rings. The molecule has 3 N–H and O–H groups in total. The Bertz CT molecular complexity index is 1490. The van der Waals surface area contributed by atoms with E-state index in [0.717, 1.165) is 51.8 Å².